The summed E-state index contributed by atoms with van der Waals surface area (Å²) in [6.07, 6.45) is 1.68. The van der Waals surface area contributed by atoms with Crippen LogP contribution in [0.3, 0.4) is 0 Å². The van der Waals surface area contributed by atoms with Crippen molar-refractivity contribution < 1.29 is 9.47 Å². The minimum atomic E-state index is -0.434. The average molecular weight is 334 g/mol. The van der Waals surface area contributed by atoms with Crippen molar-refractivity contribution in [1.82, 2.24) is 0 Å². The van der Waals surface area contributed by atoms with Crippen LogP contribution in [0.4, 0.5) is 0 Å². The summed E-state index contributed by atoms with van der Waals surface area (Å²) in [5.41, 5.74) is 8.04. The second-order valence-electron chi connectivity index (χ2n) is 5.14. The number of guanidine groups is 1. The average Bonchev–Trinajstić information content (AvgIpc) is 2.67. The number of hydrogen-bond acceptors (Lipinski definition) is 6. The zero-order valence-electron chi connectivity index (χ0n) is 14.1. The number of allylic oxidation sites excluding steroid dienone is 1. The Labute approximate surface area is 147 Å². The Morgan fingerprint density at radius 2 is 1.84 bits per heavy atom. The maximum absolute atomic E-state index is 8.84. The van der Waals surface area contributed by atoms with Gasteiger partial charge in [-0.3, -0.25) is 0 Å². The molecule has 0 bridgehead atoms. The lowest BCUT2D eigenvalue weighted by atomic mass is 10.1. The van der Waals surface area contributed by atoms with Gasteiger partial charge in [-0.15, -0.1) is 0 Å². The van der Waals surface area contributed by atoms with Gasteiger partial charge in [0.25, 0.3) is 0 Å². The van der Waals surface area contributed by atoms with Gasteiger partial charge in [-0.25, -0.2) is 9.98 Å². The van der Waals surface area contributed by atoms with Gasteiger partial charge in [0.05, 0.1) is 24.4 Å². The molecule has 0 aliphatic carbocycles. The lowest BCUT2D eigenvalue weighted by Crippen LogP contribution is -2.25. The smallest absolute Gasteiger partial charge is 0.221 e. The summed E-state index contributed by atoms with van der Waals surface area (Å²) < 4.78 is 10.8. The summed E-state index contributed by atoms with van der Waals surface area (Å²) in [5, 5.41) is 8.84. The molecule has 25 heavy (non-hydrogen) atoms. The van der Waals surface area contributed by atoms with Crippen molar-refractivity contribution >= 4 is 11.7 Å². The number of nitriles is 1. The van der Waals surface area contributed by atoms with Crippen molar-refractivity contribution in [2.24, 2.45) is 15.7 Å². The van der Waals surface area contributed by atoms with Crippen LogP contribution in [-0.2, 0) is 9.47 Å². The zero-order chi connectivity index (χ0) is 18.2. The van der Waals surface area contributed by atoms with Gasteiger partial charge in [0.15, 0.2) is 0 Å². The predicted octanol–water partition coefficient (Wildman–Crippen LogP) is 2.13. The van der Waals surface area contributed by atoms with Crippen molar-refractivity contribution in [3.8, 4) is 17.9 Å². The SMILES string of the molecule is C=C1/C=C(/OC)CC(OC)/C(C#Cc2ccc(C#N)cc2)=N\C(N)=N/1. The van der Waals surface area contributed by atoms with E-state index in [9.17, 15) is 0 Å². The summed E-state index contributed by atoms with van der Waals surface area (Å²) in [6.45, 7) is 3.80. The third kappa shape index (κ3) is 5.07. The standard InChI is InChI=1S/C19H18N4O2/c1-13-10-16(24-2)11-18(25-3)17(23-19(21)22-13)9-8-14-4-6-15(12-20)7-5-14/h4-7,10,18H,1,11H2,2-3H3,(H2,21,22)/b16-10+,23-17-. The number of ether oxygens (including phenoxy) is 2. The minimum Gasteiger partial charge on any atom is -0.501 e. The quantitative estimate of drug-likeness (QED) is 0.839. The zero-order valence-corrected chi connectivity index (χ0v) is 14.1. The Balaban J connectivity index is 2.40. The monoisotopic (exact) mass is 334 g/mol. The number of nitrogens with two attached hydrogens (primary N) is 1. The highest BCUT2D eigenvalue weighted by atomic mass is 16.5. The van der Waals surface area contributed by atoms with E-state index in [0.717, 1.165) is 5.56 Å². The second-order valence-corrected chi connectivity index (χ2v) is 5.14. The van der Waals surface area contributed by atoms with Crippen LogP contribution in [0.15, 0.2) is 58.4 Å². The van der Waals surface area contributed by atoms with E-state index in [1.165, 1.54) is 0 Å². The van der Waals surface area contributed by atoms with Gasteiger partial charge >= 0.3 is 0 Å². The van der Waals surface area contributed by atoms with Gasteiger partial charge in [0.1, 0.15) is 17.6 Å². The van der Waals surface area contributed by atoms with E-state index in [4.69, 9.17) is 20.5 Å². The molecule has 0 saturated carbocycles. The maximum Gasteiger partial charge on any atom is 0.221 e. The van der Waals surface area contributed by atoms with Gasteiger partial charge in [-0.2, -0.15) is 5.26 Å². The summed E-state index contributed by atoms with van der Waals surface area (Å²) in [6, 6.07) is 9.01. The molecule has 0 spiro atoms. The first-order chi connectivity index (χ1) is 12.0. The Morgan fingerprint density at radius 1 is 1.16 bits per heavy atom. The molecule has 6 heteroatoms. The Bertz CT molecular complexity index is 846. The molecule has 0 radical (unpaired) electrons. The molecule has 1 aliphatic heterocycles. The van der Waals surface area contributed by atoms with Crippen LogP contribution in [0.2, 0.25) is 0 Å². The highest BCUT2D eigenvalue weighted by molar-refractivity contribution is 6.10. The van der Waals surface area contributed by atoms with Crippen molar-refractivity contribution in [2.75, 3.05) is 14.2 Å². The minimum absolute atomic E-state index is 0.0461. The first-order valence-corrected chi connectivity index (χ1v) is 7.47. The number of benzene rings is 1. The summed E-state index contributed by atoms with van der Waals surface area (Å²) >= 11 is 0. The molecule has 0 fully saturated rings. The first kappa shape index (κ1) is 18.0. The normalized spacial score (nSPS) is 23.6. The van der Waals surface area contributed by atoms with Gasteiger partial charge < -0.3 is 15.2 Å². The summed E-state index contributed by atoms with van der Waals surface area (Å²) in [7, 11) is 3.13. The van der Waals surface area contributed by atoms with Crippen LogP contribution in [0, 0.1) is 23.2 Å². The molecular weight excluding hydrogens is 316 g/mol. The molecular formula is C19H18N4O2. The molecule has 126 valence electrons. The third-order valence-corrected chi connectivity index (χ3v) is 3.41. The maximum atomic E-state index is 8.84. The van der Waals surface area contributed by atoms with Crippen molar-refractivity contribution in [3.05, 3.63) is 59.5 Å². The summed E-state index contributed by atoms with van der Waals surface area (Å²) in [4.78, 5) is 8.35. The van der Waals surface area contributed by atoms with Crippen LogP contribution >= 0.6 is 0 Å². The molecule has 1 aliphatic rings. The van der Waals surface area contributed by atoms with Gasteiger partial charge in [0.2, 0.25) is 5.96 Å². The van der Waals surface area contributed by atoms with Gasteiger partial charge in [-0.05, 0) is 30.2 Å². The highest BCUT2D eigenvalue weighted by Crippen LogP contribution is 2.15. The summed E-state index contributed by atoms with van der Waals surface area (Å²) in [5.74, 6) is 6.67. The van der Waals surface area contributed by atoms with E-state index in [-0.39, 0.29) is 5.96 Å². The fraction of sp³-hybridized carbons (Fsp3) is 0.211. The predicted molar refractivity (Wildman–Crippen MR) is 96.7 cm³/mol. The van der Waals surface area contributed by atoms with E-state index < -0.39 is 6.10 Å². The molecule has 2 rings (SSSR count). The molecule has 1 atom stereocenters. The lowest BCUT2D eigenvalue weighted by Gasteiger charge is -2.15. The van der Waals surface area contributed by atoms with Crippen LogP contribution in [0.5, 0.6) is 0 Å². The molecule has 6 nitrogen and oxygen atoms in total. The van der Waals surface area contributed by atoms with E-state index in [0.29, 0.717) is 29.2 Å². The molecule has 1 unspecified atom stereocenters. The largest absolute Gasteiger partial charge is 0.501 e. The first-order valence-electron chi connectivity index (χ1n) is 7.47. The lowest BCUT2D eigenvalue weighted by molar-refractivity contribution is 0.138. The fourth-order valence-corrected chi connectivity index (χ4v) is 2.13. The molecule has 2 N–H and O–H groups in total. The van der Waals surface area contributed by atoms with Crippen LogP contribution in [-0.4, -0.2) is 32.0 Å². The Hall–Kier alpha value is -3.35. The molecule has 1 aromatic rings. The topological polar surface area (TPSA) is 93.0 Å². The van der Waals surface area contributed by atoms with E-state index in [1.807, 2.05) is 0 Å². The molecule has 0 saturated heterocycles. The number of hydrogen-bond donors (Lipinski definition) is 1. The molecule has 1 heterocycles. The van der Waals surface area contributed by atoms with E-state index in [2.05, 4.69) is 34.5 Å². The molecule has 0 amide bonds. The highest BCUT2D eigenvalue weighted by Gasteiger charge is 2.19. The molecule has 0 aromatic heterocycles. The van der Waals surface area contributed by atoms with Crippen molar-refractivity contribution in [2.45, 2.75) is 12.5 Å². The van der Waals surface area contributed by atoms with Crippen LogP contribution < -0.4 is 5.73 Å². The van der Waals surface area contributed by atoms with Gasteiger partial charge in [-0.1, -0.05) is 12.5 Å². The fourth-order valence-electron chi connectivity index (χ4n) is 2.13. The van der Waals surface area contributed by atoms with Crippen LogP contribution in [0.1, 0.15) is 17.5 Å². The molecule has 1 aromatic carbocycles. The van der Waals surface area contributed by atoms with Gasteiger partial charge in [0, 0.05) is 25.2 Å². The number of nitrogens with zero attached hydrogens (tertiary/aromatic N) is 3. The van der Waals surface area contributed by atoms with E-state index in [1.54, 1.807) is 44.6 Å². The number of aliphatic imine (C=N–C) groups is 2. The van der Waals surface area contributed by atoms with Crippen molar-refractivity contribution in [3.63, 3.8) is 0 Å². The van der Waals surface area contributed by atoms with E-state index >= 15 is 0 Å². The Kier molecular flexibility index (Phi) is 6.11. The number of rotatable bonds is 2. The second kappa shape index (κ2) is 8.49. The number of methoxy groups -OCH3 is 2. The Morgan fingerprint density at radius 3 is 2.44 bits per heavy atom. The van der Waals surface area contributed by atoms with Crippen LogP contribution in [0.25, 0.3) is 0 Å². The van der Waals surface area contributed by atoms with Crippen molar-refractivity contribution in [1.29, 1.82) is 5.26 Å². The third-order valence-electron chi connectivity index (χ3n) is 3.41.